The van der Waals surface area contributed by atoms with Crippen LogP contribution in [-0.4, -0.2) is 17.0 Å². The zero-order valence-electron chi connectivity index (χ0n) is 13.6. The predicted molar refractivity (Wildman–Crippen MR) is 85.6 cm³/mol. The van der Waals surface area contributed by atoms with Gasteiger partial charge < -0.3 is 10.4 Å². The largest absolute Gasteiger partial charge is 0.481 e. The van der Waals surface area contributed by atoms with Gasteiger partial charge in [0, 0.05) is 0 Å². The van der Waals surface area contributed by atoms with E-state index in [9.17, 15) is 14.7 Å². The average Bonchev–Trinajstić information content (AvgIpc) is 2.46. The second-order valence-corrected chi connectivity index (χ2v) is 6.43. The number of nitrogens with one attached hydrogen (secondary N) is 1. The molecule has 4 heteroatoms. The van der Waals surface area contributed by atoms with Crippen LogP contribution in [-0.2, 0) is 9.59 Å². The first kappa shape index (κ1) is 16.5. The molecule has 3 unspecified atom stereocenters. The van der Waals surface area contributed by atoms with Crippen LogP contribution in [0.15, 0.2) is 18.2 Å². The van der Waals surface area contributed by atoms with Crippen LogP contribution in [0.4, 0.5) is 0 Å². The lowest BCUT2D eigenvalue weighted by atomic mass is 9.78. The van der Waals surface area contributed by atoms with Gasteiger partial charge in [0.15, 0.2) is 0 Å². The molecule has 2 N–H and O–H groups in total. The van der Waals surface area contributed by atoms with E-state index in [1.807, 2.05) is 32.9 Å². The molecule has 120 valence electrons. The summed E-state index contributed by atoms with van der Waals surface area (Å²) in [7, 11) is 0. The Kier molecular flexibility index (Phi) is 5.22. The predicted octanol–water partition coefficient (Wildman–Crippen LogP) is 3.37. The molecular weight excluding hydrogens is 278 g/mol. The SMILES string of the molecule is Cc1ccc(C(C)NC(=O)C2CCCCC2C(=O)O)c(C)c1. The Morgan fingerprint density at radius 2 is 1.82 bits per heavy atom. The molecule has 1 aromatic rings. The Morgan fingerprint density at radius 3 is 2.41 bits per heavy atom. The maximum Gasteiger partial charge on any atom is 0.307 e. The second-order valence-electron chi connectivity index (χ2n) is 6.43. The molecule has 0 radical (unpaired) electrons. The molecule has 1 fully saturated rings. The Labute approximate surface area is 131 Å². The fourth-order valence-electron chi connectivity index (χ4n) is 3.45. The molecule has 1 aliphatic rings. The molecule has 1 saturated carbocycles. The minimum absolute atomic E-state index is 0.107. The molecule has 0 bridgehead atoms. The third-order valence-electron chi connectivity index (χ3n) is 4.67. The molecule has 4 nitrogen and oxygen atoms in total. The first-order chi connectivity index (χ1) is 10.4. The van der Waals surface area contributed by atoms with Crippen LogP contribution in [0.2, 0.25) is 0 Å². The quantitative estimate of drug-likeness (QED) is 0.896. The lowest BCUT2D eigenvalue weighted by Crippen LogP contribution is -2.40. The van der Waals surface area contributed by atoms with Gasteiger partial charge >= 0.3 is 5.97 Å². The van der Waals surface area contributed by atoms with Gasteiger partial charge in [-0.2, -0.15) is 0 Å². The van der Waals surface area contributed by atoms with Crippen molar-refractivity contribution in [2.75, 3.05) is 0 Å². The molecule has 0 heterocycles. The highest BCUT2D eigenvalue weighted by molar-refractivity contribution is 5.85. The van der Waals surface area contributed by atoms with Crippen LogP contribution >= 0.6 is 0 Å². The Bertz CT molecular complexity index is 567. The van der Waals surface area contributed by atoms with Crippen LogP contribution in [0.5, 0.6) is 0 Å². The first-order valence-electron chi connectivity index (χ1n) is 8.00. The molecule has 22 heavy (non-hydrogen) atoms. The monoisotopic (exact) mass is 303 g/mol. The number of hydrogen-bond acceptors (Lipinski definition) is 2. The van der Waals surface area contributed by atoms with Crippen LogP contribution in [0.25, 0.3) is 0 Å². The lowest BCUT2D eigenvalue weighted by molar-refractivity contribution is -0.149. The highest BCUT2D eigenvalue weighted by Gasteiger charge is 2.36. The molecule has 2 rings (SSSR count). The highest BCUT2D eigenvalue weighted by Crippen LogP contribution is 2.31. The molecule has 1 aromatic carbocycles. The van der Waals surface area contributed by atoms with Gasteiger partial charge in [0.25, 0.3) is 0 Å². The van der Waals surface area contributed by atoms with Gasteiger partial charge in [-0.05, 0) is 44.7 Å². The number of aliphatic carboxylic acids is 1. The Morgan fingerprint density at radius 1 is 1.18 bits per heavy atom. The van der Waals surface area contributed by atoms with Crippen molar-refractivity contribution in [1.29, 1.82) is 0 Å². The number of amides is 1. The fourth-order valence-corrected chi connectivity index (χ4v) is 3.45. The number of carboxylic acids is 1. The smallest absolute Gasteiger partial charge is 0.307 e. The van der Waals surface area contributed by atoms with Gasteiger partial charge in [-0.1, -0.05) is 36.6 Å². The second kappa shape index (κ2) is 6.95. The van der Waals surface area contributed by atoms with Crippen molar-refractivity contribution in [2.24, 2.45) is 11.8 Å². The van der Waals surface area contributed by atoms with E-state index in [-0.39, 0.29) is 11.9 Å². The Hall–Kier alpha value is -1.84. The van der Waals surface area contributed by atoms with Crippen molar-refractivity contribution in [3.05, 3.63) is 34.9 Å². The Balaban J connectivity index is 2.08. The van der Waals surface area contributed by atoms with E-state index in [1.54, 1.807) is 0 Å². The van der Waals surface area contributed by atoms with Gasteiger partial charge in [0.05, 0.1) is 17.9 Å². The van der Waals surface area contributed by atoms with E-state index in [0.29, 0.717) is 12.8 Å². The number of carbonyl (C=O) groups excluding carboxylic acids is 1. The van der Waals surface area contributed by atoms with Gasteiger partial charge in [0.2, 0.25) is 5.91 Å². The maximum atomic E-state index is 12.5. The molecule has 1 aliphatic carbocycles. The third-order valence-corrected chi connectivity index (χ3v) is 4.67. The number of hydrogen-bond donors (Lipinski definition) is 2. The summed E-state index contributed by atoms with van der Waals surface area (Å²) in [6.45, 7) is 6.03. The van der Waals surface area contributed by atoms with Crippen molar-refractivity contribution < 1.29 is 14.7 Å². The third kappa shape index (κ3) is 3.67. The number of carboxylic acid groups (broad SMARTS) is 1. The standard InChI is InChI=1S/C18H25NO3/c1-11-8-9-14(12(2)10-11)13(3)19-17(20)15-6-4-5-7-16(15)18(21)22/h8-10,13,15-16H,4-7H2,1-3H3,(H,19,20)(H,21,22). The summed E-state index contributed by atoms with van der Waals surface area (Å²) in [4.78, 5) is 23.8. The molecule has 0 aromatic heterocycles. The van der Waals surface area contributed by atoms with E-state index < -0.39 is 17.8 Å². The number of benzene rings is 1. The summed E-state index contributed by atoms with van der Waals surface area (Å²) in [6.07, 6.45) is 3.10. The van der Waals surface area contributed by atoms with E-state index >= 15 is 0 Å². The maximum absolute atomic E-state index is 12.5. The zero-order chi connectivity index (χ0) is 16.3. The van der Waals surface area contributed by atoms with E-state index in [1.165, 1.54) is 5.56 Å². The van der Waals surface area contributed by atoms with Gasteiger partial charge in [-0.25, -0.2) is 0 Å². The van der Waals surface area contributed by atoms with Crippen molar-refractivity contribution >= 4 is 11.9 Å². The molecular formula is C18H25NO3. The zero-order valence-corrected chi connectivity index (χ0v) is 13.6. The van der Waals surface area contributed by atoms with E-state index in [2.05, 4.69) is 11.4 Å². The minimum atomic E-state index is -0.848. The normalized spacial score (nSPS) is 22.9. The molecule has 0 aliphatic heterocycles. The van der Waals surface area contributed by atoms with E-state index in [0.717, 1.165) is 24.0 Å². The number of aryl methyl sites for hydroxylation is 2. The summed E-state index contributed by atoms with van der Waals surface area (Å²) in [5.74, 6) is -1.92. The van der Waals surface area contributed by atoms with Crippen molar-refractivity contribution in [1.82, 2.24) is 5.32 Å². The van der Waals surface area contributed by atoms with Crippen LogP contribution in [0.1, 0.15) is 55.3 Å². The summed E-state index contributed by atoms with van der Waals surface area (Å²) in [5.41, 5.74) is 3.42. The highest BCUT2D eigenvalue weighted by atomic mass is 16.4. The van der Waals surface area contributed by atoms with Crippen LogP contribution in [0, 0.1) is 25.7 Å². The van der Waals surface area contributed by atoms with E-state index in [4.69, 9.17) is 0 Å². The molecule has 1 amide bonds. The first-order valence-corrected chi connectivity index (χ1v) is 8.00. The van der Waals surface area contributed by atoms with Crippen molar-refractivity contribution in [2.45, 2.75) is 52.5 Å². The van der Waals surface area contributed by atoms with Crippen molar-refractivity contribution in [3.63, 3.8) is 0 Å². The van der Waals surface area contributed by atoms with Crippen molar-refractivity contribution in [3.8, 4) is 0 Å². The summed E-state index contributed by atoms with van der Waals surface area (Å²) in [6, 6.07) is 6.06. The van der Waals surface area contributed by atoms with Crippen LogP contribution < -0.4 is 5.32 Å². The average molecular weight is 303 g/mol. The fraction of sp³-hybridized carbons (Fsp3) is 0.556. The molecule has 0 saturated heterocycles. The number of rotatable bonds is 4. The summed E-state index contributed by atoms with van der Waals surface area (Å²) >= 11 is 0. The topological polar surface area (TPSA) is 66.4 Å². The lowest BCUT2D eigenvalue weighted by Gasteiger charge is -2.29. The molecule has 3 atom stereocenters. The number of carbonyl (C=O) groups is 2. The van der Waals surface area contributed by atoms with Gasteiger partial charge in [0.1, 0.15) is 0 Å². The molecule has 0 spiro atoms. The van der Waals surface area contributed by atoms with Crippen LogP contribution in [0.3, 0.4) is 0 Å². The summed E-state index contributed by atoms with van der Waals surface area (Å²) in [5, 5.41) is 12.3. The summed E-state index contributed by atoms with van der Waals surface area (Å²) < 4.78 is 0. The minimum Gasteiger partial charge on any atom is -0.481 e. The van der Waals surface area contributed by atoms with Gasteiger partial charge in [-0.15, -0.1) is 0 Å². The van der Waals surface area contributed by atoms with Gasteiger partial charge in [-0.3, -0.25) is 9.59 Å².